The lowest BCUT2D eigenvalue weighted by Gasteiger charge is -2.12. The number of fused-ring (bicyclic) bond motifs is 1. The lowest BCUT2D eigenvalue weighted by Crippen LogP contribution is -2.05. The molecule has 0 spiro atoms. The van der Waals surface area contributed by atoms with Crippen LogP contribution >= 0.6 is 0 Å². The number of esters is 1. The number of ether oxygens (including phenoxy) is 2. The van der Waals surface area contributed by atoms with Crippen LogP contribution in [-0.2, 0) is 4.74 Å². The van der Waals surface area contributed by atoms with Crippen LogP contribution in [0.4, 0.5) is 5.69 Å². The van der Waals surface area contributed by atoms with Gasteiger partial charge in [0.15, 0.2) is 0 Å². The van der Waals surface area contributed by atoms with Crippen LogP contribution < -0.4 is 4.74 Å². The highest BCUT2D eigenvalue weighted by Gasteiger charge is 2.20. The fraction of sp³-hybridized carbons (Fsp3) is 0.0476. The van der Waals surface area contributed by atoms with E-state index in [2.05, 4.69) is 9.97 Å². The Morgan fingerprint density at radius 2 is 1.79 bits per heavy atom. The Bertz CT molecular complexity index is 1200. The van der Waals surface area contributed by atoms with Gasteiger partial charge in [0, 0.05) is 12.1 Å². The van der Waals surface area contributed by atoms with Crippen molar-refractivity contribution in [1.82, 2.24) is 9.97 Å². The van der Waals surface area contributed by atoms with Crippen molar-refractivity contribution in [3.05, 3.63) is 82.4 Å². The van der Waals surface area contributed by atoms with E-state index in [0.717, 1.165) is 17.1 Å². The molecule has 4 aromatic rings. The Morgan fingerprint density at radius 1 is 1.03 bits per heavy atom. The van der Waals surface area contributed by atoms with Crippen LogP contribution in [0.25, 0.3) is 22.4 Å². The minimum absolute atomic E-state index is 0.0406. The van der Waals surface area contributed by atoms with Crippen LogP contribution in [0.5, 0.6) is 11.5 Å². The van der Waals surface area contributed by atoms with Gasteiger partial charge in [0.05, 0.1) is 28.6 Å². The van der Waals surface area contributed by atoms with Crippen molar-refractivity contribution in [3.8, 4) is 22.9 Å². The van der Waals surface area contributed by atoms with Gasteiger partial charge in [-0.25, -0.2) is 9.78 Å². The van der Waals surface area contributed by atoms with Gasteiger partial charge >= 0.3 is 5.97 Å². The molecule has 8 heteroatoms. The van der Waals surface area contributed by atoms with Crippen molar-refractivity contribution in [2.45, 2.75) is 0 Å². The number of rotatable bonds is 5. The smallest absolute Gasteiger partial charge is 0.341 e. The third-order valence-corrected chi connectivity index (χ3v) is 4.33. The van der Waals surface area contributed by atoms with Gasteiger partial charge in [-0.15, -0.1) is 0 Å². The molecule has 1 aromatic heterocycles. The number of aromatic nitrogens is 2. The summed E-state index contributed by atoms with van der Waals surface area (Å²) in [5.41, 5.74) is 2.09. The third kappa shape index (κ3) is 3.51. The average Bonchev–Trinajstić information content (AvgIpc) is 3.17. The fourth-order valence-corrected chi connectivity index (χ4v) is 2.94. The number of imidazole rings is 1. The van der Waals surface area contributed by atoms with E-state index in [1.54, 1.807) is 12.1 Å². The van der Waals surface area contributed by atoms with Gasteiger partial charge in [-0.1, -0.05) is 24.3 Å². The number of nitrogens with zero attached hydrogens (tertiary/aromatic N) is 2. The van der Waals surface area contributed by atoms with E-state index in [4.69, 9.17) is 9.47 Å². The first kappa shape index (κ1) is 18.2. The summed E-state index contributed by atoms with van der Waals surface area (Å²) >= 11 is 0. The Morgan fingerprint density at radius 3 is 2.55 bits per heavy atom. The lowest BCUT2D eigenvalue weighted by atomic mass is 10.1. The van der Waals surface area contributed by atoms with E-state index in [1.165, 1.54) is 19.2 Å². The number of benzene rings is 3. The van der Waals surface area contributed by atoms with Gasteiger partial charge in [0.2, 0.25) is 0 Å². The first-order valence-electron chi connectivity index (χ1n) is 8.65. The number of H-pyrrole nitrogens is 1. The number of nitrogens with one attached hydrogen (secondary N) is 1. The zero-order chi connectivity index (χ0) is 20.4. The van der Waals surface area contributed by atoms with Crippen LogP contribution in [0.3, 0.4) is 0 Å². The third-order valence-electron chi connectivity index (χ3n) is 4.33. The molecule has 29 heavy (non-hydrogen) atoms. The summed E-state index contributed by atoms with van der Waals surface area (Å²) in [5, 5.41) is 11.1. The number of para-hydroxylation sites is 3. The molecule has 0 fully saturated rings. The molecule has 1 heterocycles. The van der Waals surface area contributed by atoms with Crippen LogP contribution in [0.2, 0.25) is 0 Å². The van der Waals surface area contributed by atoms with Gasteiger partial charge in [-0.3, -0.25) is 10.1 Å². The normalized spacial score (nSPS) is 10.7. The lowest BCUT2D eigenvalue weighted by molar-refractivity contribution is -0.384. The summed E-state index contributed by atoms with van der Waals surface area (Å²) in [7, 11) is 1.20. The highest BCUT2D eigenvalue weighted by molar-refractivity contribution is 5.93. The van der Waals surface area contributed by atoms with Crippen LogP contribution in [0.1, 0.15) is 10.4 Å². The number of hydrogen-bond acceptors (Lipinski definition) is 6. The van der Waals surface area contributed by atoms with Crippen molar-refractivity contribution in [2.24, 2.45) is 0 Å². The molecule has 0 amide bonds. The summed E-state index contributed by atoms with van der Waals surface area (Å²) in [6.45, 7) is 0. The van der Waals surface area contributed by atoms with Crippen molar-refractivity contribution in [3.63, 3.8) is 0 Å². The van der Waals surface area contributed by atoms with Gasteiger partial charge in [-0.2, -0.15) is 0 Å². The van der Waals surface area contributed by atoms with Gasteiger partial charge in [0.1, 0.15) is 22.9 Å². The Balaban J connectivity index is 1.78. The maximum absolute atomic E-state index is 12.1. The molecule has 8 nitrogen and oxygen atoms in total. The molecule has 0 aliphatic carbocycles. The van der Waals surface area contributed by atoms with E-state index >= 15 is 0 Å². The Labute approximate surface area is 164 Å². The van der Waals surface area contributed by atoms with Gasteiger partial charge in [-0.05, 0) is 30.3 Å². The van der Waals surface area contributed by atoms with Crippen LogP contribution in [-0.4, -0.2) is 28.0 Å². The molecule has 3 aromatic carbocycles. The molecule has 0 saturated carbocycles. The molecule has 144 valence electrons. The summed E-state index contributed by atoms with van der Waals surface area (Å²) in [4.78, 5) is 30.4. The number of non-ortho nitro benzene ring substituents is 1. The summed E-state index contributed by atoms with van der Waals surface area (Å²) in [6.07, 6.45) is 0. The van der Waals surface area contributed by atoms with Crippen LogP contribution in [0, 0.1) is 10.1 Å². The minimum Gasteiger partial charge on any atom is -0.465 e. The highest BCUT2D eigenvalue weighted by Crippen LogP contribution is 2.35. The van der Waals surface area contributed by atoms with E-state index in [-0.39, 0.29) is 17.0 Å². The Kier molecular flexibility index (Phi) is 4.66. The second-order valence-electron chi connectivity index (χ2n) is 6.13. The fourth-order valence-electron chi connectivity index (χ4n) is 2.94. The van der Waals surface area contributed by atoms with Gasteiger partial charge < -0.3 is 14.5 Å². The monoisotopic (exact) mass is 389 g/mol. The molecule has 0 bridgehead atoms. The van der Waals surface area contributed by atoms with E-state index in [9.17, 15) is 14.9 Å². The van der Waals surface area contributed by atoms with Crippen molar-refractivity contribution in [1.29, 1.82) is 0 Å². The number of nitro groups is 1. The molecule has 0 unspecified atom stereocenters. The predicted octanol–water partition coefficient (Wildman–Crippen LogP) is 4.72. The number of carbonyl (C=O) groups excluding carboxylic acids is 1. The predicted molar refractivity (Wildman–Crippen MR) is 106 cm³/mol. The summed E-state index contributed by atoms with van der Waals surface area (Å²) < 4.78 is 10.7. The maximum Gasteiger partial charge on any atom is 0.341 e. The first-order chi connectivity index (χ1) is 14.1. The number of aromatic amines is 1. The zero-order valence-electron chi connectivity index (χ0n) is 15.3. The second kappa shape index (κ2) is 7.43. The summed E-state index contributed by atoms with van der Waals surface area (Å²) in [6, 6.07) is 18.6. The number of nitro benzene ring substituents is 1. The number of carbonyl (C=O) groups is 1. The molecule has 1 N–H and O–H groups in total. The minimum atomic E-state index is -0.732. The molecule has 4 rings (SSSR count). The zero-order valence-corrected chi connectivity index (χ0v) is 15.3. The molecule has 0 aliphatic rings. The molecule has 0 atom stereocenters. The average molecular weight is 389 g/mol. The molecule has 0 aliphatic heterocycles. The summed E-state index contributed by atoms with van der Waals surface area (Å²) in [5.74, 6) is 0.449. The largest absolute Gasteiger partial charge is 0.465 e. The molecule has 0 radical (unpaired) electrons. The number of methoxy groups -OCH3 is 1. The molecular formula is C21H15N3O5. The van der Waals surface area contributed by atoms with E-state index in [0.29, 0.717) is 17.1 Å². The Hall–Kier alpha value is -4.20. The standard InChI is InChI=1S/C21H15N3O5/c1-28-21(25)15-12-13(24(26)27)10-11-19(15)29-18-9-5-2-6-14(18)20-22-16-7-3-4-8-17(16)23-20/h2-12H,1H3,(H,22,23). The quantitative estimate of drug-likeness (QED) is 0.301. The van der Waals surface area contributed by atoms with Crippen molar-refractivity contribution >= 4 is 22.7 Å². The molecule has 0 saturated heterocycles. The highest BCUT2D eigenvalue weighted by atomic mass is 16.6. The van der Waals surface area contributed by atoms with E-state index in [1.807, 2.05) is 36.4 Å². The molecular weight excluding hydrogens is 374 g/mol. The van der Waals surface area contributed by atoms with Crippen LogP contribution in [0.15, 0.2) is 66.7 Å². The second-order valence-corrected chi connectivity index (χ2v) is 6.13. The topological polar surface area (TPSA) is 107 Å². The maximum atomic E-state index is 12.1. The van der Waals surface area contributed by atoms with Crippen molar-refractivity contribution in [2.75, 3.05) is 7.11 Å². The van der Waals surface area contributed by atoms with E-state index < -0.39 is 10.9 Å². The van der Waals surface area contributed by atoms with Gasteiger partial charge in [0.25, 0.3) is 5.69 Å². The SMILES string of the molecule is COC(=O)c1cc([N+](=O)[O-])ccc1Oc1ccccc1-c1nc2ccccc2[nH]1. The van der Waals surface area contributed by atoms with Crippen molar-refractivity contribution < 1.29 is 19.2 Å². The first-order valence-corrected chi connectivity index (χ1v) is 8.65. The number of hydrogen-bond donors (Lipinski definition) is 1.